The first-order valence-corrected chi connectivity index (χ1v) is 10.9. The van der Waals surface area contributed by atoms with Crippen molar-refractivity contribution in [2.24, 2.45) is 0 Å². The molecule has 1 heterocycles. The number of benzene rings is 2. The maximum absolute atomic E-state index is 13.2. The van der Waals surface area contributed by atoms with Crippen molar-refractivity contribution in [1.29, 1.82) is 0 Å². The second-order valence-corrected chi connectivity index (χ2v) is 9.11. The van der Waals surface area contributed by atoms with Gasteiger partial charge < -0.3 is 10.4 Å². The van der Waals surface area contributed by atoms with Gasteiger partial charge in [0.15, 0.2) is 5.60 Å². The van der Waals surface area contributed by atoms with Crippen molar-refractivity contribution in [2.75, 3.05) is 19.6 Å². The Morgan fingerprint density at radius 1 is 1.03 bits per heavy atom. The summed E-state index contributed by atoms with van der Waals surface area (Å²) in [5, 5.41) is 13.1. The number of carbonyl (C=O) groups is 1. The van der Waals surface area contributed by atoms with E-state index in [0.29, 0.717) is 13.0 Å². The van der Waals surface area contributed by atoms with E-state index in [1.165, 1.54) is 0 Å². The molecule has 0 saturated carbocycles. The topological polar surface area (TPSA) is 52.6 Å². The Balaban J connectivity index is 1.70. The second-order valence-electron chi connectivity index (χ2n) is 9.11. The van der Waals surface area contributed by atoms with Gasteiger partial charge in [-0.15, -0.1) is 0 Å². The van der Waals surface area contributed by atoms with Crippen LogP contribution in [-0.2, 0) is 16.6 Å². The summed E-state index contributed by atoms with van der Waals surface area (Å²) < 4.78 is 39.7. The Kier molecular flexibility index (Phi) is 7.30. The SMILES string of the molecule is CC(C)(C(=O)NCC(Cc1ccccc1)N1CCC(O)(C(F)(F)F)CC1)c1ccccc1. The number of amides is 1. The van der Waals surface area contributed by atoms with Crippen LogP contribution in [0.4, 0.5) is 13.2 Å². The van der Waals surface area contributed by atoms with Crippen LogP contribution in [0, 0.1) is 0 Å². The fourth-order valence-electron chi connectivity index (χ4n) is 4.18. The summed E-state index contributed by atoms with van der Waals surface area (Å²) in [5.74, 6) is -0.134. The van der Waals surface area contributed by atoms with E-state index in [4.69, 9.17) is 0 Å². The van der Waals surface area contributed by atoms with Gasteiger partial charge >= 0.3 is 6.18 Å². The van der Waals surface area contributed by atoms with Crippen LogP contribution < -0.4 is 5.32 Å². The van der Waals surface area contributed by atoms with Crippen LogP contribution in [0.25, 0.3) is 0 Å². The highest BCUT2D eigenvalue weighted by molar-refractivity contribution is 5.87. The molecule has 2 N–H and O–H groups in total. The van der Waals surface area contributed by atoms with Crippen LogP contribution in [0.2, 0.25) is 0 Å². The van der Waals surface area contributed by atoms with E-state index < -0.39 is 17.2 Å². The third-order valence-electron chi connectivity index (χ3n) is 6.54. The van der Waals surface area contributed by atoms with Gasteiger partial charge in [0.25, 0.3) is 0 Å². The van der Waals surface area contributed by atoms with Gasteiger partial charge in [-0.3, -0.25) is 9.69 Å². The fraction of sp³-hybridized carbons (Fsp3) is 0.480. The minimum Gasteiger partial charge on any atom is -0.380 e. The number of nitrogens with zero attached hydrogens (tertiary/aromatic N) is 1. The molecule has 2 aromatic rings. The summed E-state index contributed by atoms with van der Waals surface area (Å²) in [7, 11) is 0. The Morgan fingerprint density at radius 3 is 2.09 bits per heavy atom. The van der Waals surface area contributed by atoms with Crippen molar-refractivity contribution in [3.8, 4) is 0 Å². The highest BCUT2D eigenvalue weighted by Gasteiger charge is 2.54. The standard InChI is InChI=1S/C25H31F3N2O2/c1-23(2,20-11-7-4-8-12-20)22(31)29-18-21(17-19-9-5-3-6-10-19)30-15-13-24(32,14-16-30)25(26,27)28/h3-12,21,32H,13-18H2,1-2H3,(H,29,31). The monoisotopic (exact) mass is 448 g/mol. The fourth-order valence-corrected chi connectivity index (χ4v) is 4.18. The lowest BCUT2D eigenvalue weighted by Crippen LogP contribution is -2.57. The summed E-state index contributed by atoms with van der Waals surface area (Å²) in [5.41, 5.74) is -1.44. The molecule has 1 aliphatic heterocycles. The van der Waals surface area contributed by atoms with E-state index in [1.54, 1.807) is 0 Å². The predicted molar refractivity (Wildman–Crippen MR) is 118 cm³/mol. The van der Waals surface area contributed by atoms with Crippen LogP contribution in [0.15, 0.2) is 60.7 Å². The minimum atomic E-state index is -4.64. The quantitative estimate of drug-likeness (QED) is 0.671. The zero-order valence-corrected chi connectivity index (χ0v) is 18.5. The van der Waals surface area contributed by atoms with E-state index in [1.807, 2.05) is 79.4 Å². The summed E-state index contributed by atoms with van der Waals surface area (Å²) in [6, 6.07) is 19.0. The lowest BCUT2D eigenvalue weighted by atomic mass is 9.83. The zero-order chi connectivity index (χ0) is 23.4. The van der Waals surface area contributed by atoms with Crippen LogP contribution in [0.1, 0.15) is 37.8 Å². The molecule has 2 aromatic carbocycles. The van der Waals surface area contributed by atoms with E-state index >= 15 is 0 Å². The van der Waals surface area contributed by atoms with Gasteiger partial charge in [-0.2, -0.15) is 13.2 Å². The summed E-state index contributed by atoms with van der Waals surface area (Å²) >= 11 is 0. The number of piperidine rings is 1. The van der Waals surface area contributed by atoms with Gasteiger partial charge in [0, 0.05) is 25.7 Å². The summed E-state index contributed by atoms with van der Waals surface area (Å²) in [6.07, 6.45) is -4.78. The molecule has 1 fully saturated rings. The zero-order valence-electron chi connectivity index (χ0n) is 18.5. The third kappa shape index (κ3) is 5.51. The number of rotatable bonds is 7. The van der Waals surface area contributed by atoms with Crippen molar-refractivity contribution in [3.63, 3.8) is 0 Å². The number of hydrogen-bond acceptors (Lipinski definition) is 3. The third-order valence-corrected chi connectivity index (χ3v) is 6.54. The van der Waals surface area contributed by atoms with Gasteiger partial charge in [0.1, 0.15) is 0 Å². The van der Waals surface area contributed by atoms with E-state index in [0.717, 1.165) is 11.1 Å². The predicted octanol–water partition coefficient (Wildman–Crippen LogP) is 4.08. The van der Waals surface area contributed by atoms with Gasteiger partial charge in [-0.05, 0) is 44.2 Å². The molecule has 1 unspecified atom stereocenters. The lowest BCUT2D eigenvalue weighted by molar-refractivity contribution is -0.273. The molecule has 3 rings (SSSR count). The molecule has 32 heavy (non-hydrogen) atoms. The van der Waals surface area contributed by atoms with Crippen LogP contribution >= 0.6 is 0 Å². The number of alkyl halides is 3. The molecule has 0 aromatic heterocycles. The number of aliphatic hydroxyl groups is 1. The van der Waals surface area contributed by atoms with Crippen molar-refractivity contribution in [3.05, 3.63) is 71.8 Å². The summed E-state index contributed by atoms with van der Waals surface area (Å²) in [4.78, 5) is 15.0. The maximum atomic E-state index is 13.2. The second kappa shape index (κ2) is 9.63. The lowest BCUT2D eigenvalue weighted by Gasteiger charge is -2.42. The Bertz CT molecular complexity index is 877. The van der Waals surface area contributed by atoms with Crippen molar-refractivity contribution in [1.82, 2.24) is 10.2 Å². The largest absolute Gasteiger partial charge is 0.417 e. The van der Waals surface area contributed by atoms with Crippen LogP contribution in [0.5, 0.6) is 0 Å². The van der Waals surface area contributed by atoms with Gasteiger partial charge in [0.2, 0.25) is 5.91 Å². The Labute approximate surface area is 187 Å². The van der Waals surface area contributed by atoms with Crippen molar-refractivity contribution < 1.29 is 23.1 Å². The first kappa shape index (κ1) is 24.3. The highest BCUT2D eigenvalue weighted by Crippen LogP contribution is 2.38. The number of halogens is 3. The molecule has 0 bridgehead atoms. The molecule has 7 heteroatoms. The maximum Gasteiger partial charge on any atom is 0.417 e. The summed E-state index contributed by atoms with van der Waals surface area (Å²) in [6.45, 7) is 4.26. The first-order chi connectivity index (χ1) is 15.0. The molecule has 0 aliphatic carbocycles. The van der Waals surface area contributed by atoms with Crippen molar-refractivity contribution >= 4 is 5.91 Å². The molecular weight excluding hydrogens is 417 g/mol. The molecule has 1 atom stereocenters. The molecule has 0 radical (unpaired) electrons. The Hall–Kier alpha value is -2.38. The first-order valence-electron chi connectivity index (χ1n) is 10.9. The average Bonchev–Trinajstić information content (AvgIpc) is 2.77. The molecule has 4 nitrogen and oxygen atoms in total. The van der Waals surface area contributed by atoms with E-state index in [9.17, 15) is 23.1 Å². The van der Waals surface area contributed by atoms with Gasteiger partial charge in [0.05, 0.1) is 5.41 Å². The van der Waals surface area contributed by atoms with Gasteiger partial charge in [-0.1, -0.05) is 60.7 Å². The van der Waals surface area contributed by atoms with Crippen LogP contribution in [0.3, 0.4) is 0 Å². The number of likely N-dealkylation sites (tertiary alicyclic amines) is 1. The van der Waals surface area contributed by atoms with E-state index in [2.05, 4.69) is 5.32 Å². The Morgan fingerprint density at radius 2 is 1.56 bits per heavy atom. The normalized spacial score (nSPS) is 18.2. The molecule has 0 spiro atoms. The number of hydrogen-bond donors (Lipinski definition) is 2. The molecular formula is C25H31F3N2O2. The average molecular weight is 449 g/mol. The molecule has 1 saturated heterocycles. The van der Waals surface area contributed by atoms with E-state index in [-0.39, 0.29) is 37.9 Å². The van der Waals surface area contributed by atoms with Gasteiger partial charge in [-0.25, -0.2) is 0 Å². The number of nitrogens with one attached hydrogen (secondary N) is 1. The molecule has 1 aliphatic rings. The minimum absolute atomic E-state index is 0.117. The van der Waals surface area contributed by atoms with Crippen molar-refractivity contribution in [2.45, 2.75) is 56.3 Å². The van der Waals surface area contributed by atoms with Crippen LogP contribution in [-0.4, -0.2) is 53.4 Å². The molecule has 174 valence electrons. The smallest absolute Gasteiger partial charge is 0.380 e. The number of carbonyl (C=O) groups excluding carboxylic acids is 1. The highest BCUT2D eigenvalue weighted by atomic mass is 19.4. The molecule has 1 amide bonds.